The molecule has 3 rings (SSSR count). The van der Waals surface area contributed by atoms with Crippen molar-refractivity contribution in [2.75, 3.05) is 41.8 Å². The van der Waals surface area contributed by atoms with Crippen molar-refractivity contribution in [2.45, 2.75) is 43.9 Å². The van der Waals surface area contributed by atoms with E-state index in [1.54, 1.807) is 13.8 Å². The zero-order valence-corrected chi connectivity index (χ0v) is 15.2. The average molecular weight is 354 g/mol. The second-order valence-corrected chi connectivity index (χ2v) is 9.96. The monoisotopic (exact) mass is 354 g/mol. The summed E-state index contributed by atoms with van der Waals surface area (Å²) in [5.41, 5.74) is 0. The first-order valence-corrected chi connectivity index (χ1v) is 10.2. The molecule has 2 saturated heterocycles. The second-order valence-electron chi connectivity index (χ2n) is 7.22. The fourth-order valence-corrected chi connectivity index (χ4v) is 4.82. The maximum Gasteiger partial charge on any atom is 0.157 e. The molecule has 24 heavy (non-hydrogen) atoms. The van der Waals surface area contributed by atoms with Crippen molar-refractivity contribution in [3.8, 4) is 0 Å². The van der Waals surface area contributed by atoms with Gasteiger partial charge < -0.3 is 14.9 Å². The molecule has 134 valence electrons. The van der Waals surface area contributed by atoms with E-state index < -0.39 is 14.6 Å². The first kappa shape index (κ1) is 17.4. The molecule has 2 aliphatic rings. The van der Waals surface area contributed by atoms with Gasteiger partial charge in [-0.25, -0.2) is 18.4 Å². The maximum atomic E-state index is 12.4. The highest BCUT2D eigenvalue weighted by molar-refractivity contribution is 7.92. The summed E-state index contributed by atoms with van der Waals surface area (Å²) >= 11 is 0. The summed E-state index contributed by atoms with van der Waals surface area (Å²) in [5, 5.41) is 9.51. The number of sulfone groups is 1. The minimum absolute atomic E-state index is 0.108. The molecule has 0 bridgehead atoms. The Labute approximate surface area is 143 Å². The Balaban J connectivity index is 1.82. The molecule has 0 saturated carbocycles. The molecule has 1 N–H and O–H groups in total. The Morgan fingerprint density at radius 3 is 2.75 bits per heavy atom. The summed E-state index contributed by atoms with van der Waals surface area (Å²) in [6, 6.07) is 2.02. The van der Waals surface area contributed by atoms with Gasteiger partial charge in [-0.3, -0.25) is 0 Å². The summed E-state index contributed by atoms with van der Waals surface area (Å²) in [5.74, 6) is 1.71. The first-order chi connectivity index (χ1) is 11.3. The van der Waals surface area contributed by atoms with Gasteiger partial charge in [0.25, 0.3) is 0 Å². The predicted molar refractivity (Wildman–Crippen MR) is 94.2 cm³/mol. The van der Waals surface area contributed by atoms with Crippen LogP contribution in [0.5, 0.6) is 0 Å². The fraction of sp³-hybridized carbons (Fsp3) is 0.750. The van der Waals surface area contributed by atoms with Crippen molar-refractivity contribution in [3.05, 3.63) is 12.4 Å². The van der Waals surface area contributed by atoms with Gasteiger partial charge in [0.2, 0.25) is 0 Å². The van der Waals surface area contributed by atoms with Gasteiger partial charge in [-0.2, -0.15) is 0 Å². The van der Waals surface area contributed by atoms with Gasteiger partial charge in [-0.1, -0.05) is 0 Å². The molecule has 1 atom stereocenters. The zero-order valence-electron chi connectivity index (χ0n) is 14.3. The molecule has 1 aromatic rings. The largest absolute Gasteiger partial charge is 0.394 e. The van der Waals surface area contributed by atoms with E-state index in [2.05, 4.69) is 14.9 Å². The van der Waals surface area contributed by atoms with Gasteiger partial charge in [0.1, 0.15) is 18.0 Å². The lowest BCUT2D eigenvalue weighted by Crippen LogP contribution is -2.33. The van der Waals surface area contributed by atoms with Crippen LogP contribution in [-0.4, -0.2) is 66.3 Å². The van der Waals surface area contributed by atoms with E-state index in [1.807, 2.05) is 11.0 Å². The Kier molecular flexibility index (Phi) is 4.70. The van der Waals surface area contributed by atoms with Crippen molar-refractivity contribution in [2.24, 2.45) is 0 Å². The second kappa shape index (κ2) is 6.48. The average Bonchev–Trinajstić information content (AvgIpc) is 2.99. The molecule has 8 heteroatoms. The number of aromatic nitrogens is 2. The van der Waals surface area contributed by atoms with Crippen LogP contribution in [0.1, 0.15) is 33.1 Å². The van der Waals surface area contributed by atoms with Crippen LogP contribution in [0, 0.1) is 0 Å². The minimum Gasteiger partial charge on any atom is -0.394 e. The lowest BCUT2D eigenvalue weighted by atomic mass is 10.1. The SMILES string of the molecule is CC1(C)CCN(c2cc(N3CCCC3CO)ncn2)CCS1(=O)=O. The van der Waals surface area contributed by atoms with Crippen LogP contribution in [0.15, 0.2) is 12.4 Å². The van der Waals surface area contributed by atoms with Gasteiger partial charge in [-0.05, 0) is 33.1 Å². The Bertz CT molecular complexity index is 692. The molecular formula is C16H26N4O3S. The van der Waals surface area contributed by atoms with E-state index in [0.29, 0.717) is 19.5 Å². The fourth-order valence-electron chi connectivity index (χ4n) is 3.40. The van der Waals surface area contributed by atoms with E-state index in [0.717, 1.165) is 31.0 Å². The topological polar surface area (TPSA) is 86.6 Å². The van der Waals surface area contributed by atoms with Crippen LogP contribution in [0.25, 0.3) is 0 Å². The van der Waals surface area contributed by atoms with E-state index in [1.165, 1.54) is 6.33 Å². The van der Waals surface area contributed by atoms with E-state index in [4.69, 9.17) is 0 Å². The van der Waals surface area contributed by atoms with Crippen molar-refractivity contribution in [1.82, 2.24) is 9.97 Å². The molecule has 0 spiro atoms. The summed E-state index contributed by atoms with van der Waals surface area (Å²) in [4.78, 5) is 12.9. The van der Waals surface area contributed by atoms with Crippen LogP contribution in [0.3, 0.4) is 0 Å². The summed E-state index contributed by atoms with van der Waals surface area (Å²) in [6.07, 6.45) is 4.12. The van der Waals surface area contributed by atoms with Crippen LogP contribution in [0.2, 0.25) is 0 Å². The molecule has 7 nitrogen and oxygen atoms in total. The highest BCUT2D eigenvalue weighted by Gasteiger charge is 2.37. The molecule has 1 aromatic heterocycles. The summed E-state index contributed by atoms with van der Waals surface area (Å²) in [6.45, 7) is 5.71. The normalized spacial score (nSPS) is 26.4. The maximum absolute atomic E-state index is 12.4. The molecule has 3 heterocycles. The quantitative estimate of drug-likeness (QED) is 0.861. The third-order valence-corrected chi connectivity index (χ3v) is 7.91. The third-order valence-electron chi connectivity index (χ3n) is 5.30. The Hall–Kier alpha value is -1.41. The smallest absolute Gasteiger partial charge is 0.157 e. The number of aliphatic hydroxyl groups excluding tert-OH is 1. The third kappa shape index (κ3) is 3.21. The van der Waals surface area contributed by atoms with Gasteiger partial charge in [0.05, 0.1) is 23.1 Å². The standard InChI is InChI=1S/C16H26N4O3S/c1-16(2)5-7-19(8-9-24(16,22)23)14-10-15(18-12-17-14)20-6-3-4-13(20)11-21/h10,12-13,21H,3-9,11H2,1-2H3. The highest BCUT2D eigenvalue weighted by atomic mass is 32.2. The minimum atomic E-state index is -3.11. The van der Waals surface area contributed by atoms with Crippen LogP contribution >= 0.6 is 0 Å². The molecular weight excluding hydrogens is 328 g/mol. The molecule has 0 amide bonds. The van der Waals surface area contributed by atoms with Crippen molar-refractivity contribution < 1.29 is 13.5 Å². The molecule has 0 radical (unpaired) electrons. The van der Waals surface area contributed by atoms with Gasteiger partial charge in [-0.15, -0.1) is 0 Å². The van der Waals surface area contributed by atoms with E-state index in [-0.39, 0.29) is 18.4 Å². The zero-order chi connectivity index (χ0) is 17.4. The number of rotatable bonds is 3. The number of hydrogen-bond donors (Lipinski definition) is 1. The van der Waals surface area contributed by atoms with Gasteiger partial charge >= 0.3 is 0 Å². The van der Waals surface area contributed by atoms with Crippen LogP contribution in [-0.2, 0) is 9.84 Å². The van der Waals surface area contributed by atoms with Gasteiger partial charge in [0.15, 0.2) is 9.84 Å². The highest BCUT2D eigenvalue weighted by Crippen LogP contribution is 2.29. The summed E-state index contributed by atoms with van der Waals surface area (Å²) in [7, 11) is -3.11. The molecule has 2 fully saturated rings. The molecule has 2 aliphatic heterocycles. The van der Waals surface area contributed by atoms with Crippen LogP contribution in [0.4, 0.5) is 11.6 Å². The Morgan fingerprint density at radius 2 is 2.00 bits per heavy atom. The van der Waals surface area contributed by atoms with Gasteiger partial charge in [0, 0.05) is 25.7 Å². The number of nitrogens with zero attached hydrogens (tertiary/aromatic N) is 4. The number of aliphatic hydroxyl groups is 1. The van der Waals surface area contributed by atoms with E-state index in [9.17, 15) is 13.5 Å². The van der Waals surface area contributed by atoms with Crippen LogP contribution < -0.4 is 9.80 Å². The van der Waals surface area contributed by atoms with Crippen molar-refractivity contribution >= 4 is 21.5 Å². The predicted octanol–water partition coefficient (Wildman–Crippen LogP) is 0.841. The van der Waals surface area contributed by atoms with Crippen molar-refractivity contribution in [3.63, 3.8) is 0 Å². The number of anilines is 2. The molecule has 1 unspecified atom stereocenters. The summed E-state index contributed by atoms with van der Waals surface area (Å²) < 4.78 is 24.0. The number of hydrogen-bond acceptors (Lipinski definition) is 7. The van der Waals surface area contributed by atoms with Crippen molar-refractivity contribution in [1.29, 1.82) is 0 Å². The molecule has 0 aromatic carbocycles. The Morgan fingerprint density at radius 1 is 1.25 bits per heavy atom. The molecule has 0 aliphatic carbocycles. The lowest BCUT2D eigenvalue weighted by Gasteiger charge is -2.26. The van der Waals surface area contributed by atoms with E-state index >= 15 is 0 Å². The first-order valence-electron chi connectivity index (χ1n) is 8.51. The lowest BCUT2D eigenvalue weighted by molar-refractivity contribution is 0.266.